The van der Waals surface area contributed by atoms with Crippen molar-refractivity contribution in [2.24, 2.45) is 5.73 Å². The molecule has 0 spiro atoms. The highest BCUT2D eigenvalue weighted by molar-refractivity contribution is 5.78. The molecular formula is C17H20N2O2. The minimum Gasteiger partial charge on any atom is -0.508 e. The summed E-state index contributed by atoms with van der Waals surface area (Å²) in [6, 6.07) is 14.8. The smallest absolute Gasteiger partial charge is 0.224 e. The van der Waals surface area contributed by atoms with E-state index in [1.165, 1.54) is 5.56 Å². The van der Waals surface area contributed by atoms with E-state index >= 15 is 0 Å². The highest BCUT2D eigenvalue weighted by Gasteiger charge is 2.04. The molecule has 1 amide bonds. The van der Waals surface area contributed by atoms with Gasteiger partial charge in [0.1, 0.15) is 5.75 Å². The maximum absolute atomic E-state index is 11.9. The largest absolute Gasteiger partial charge is 0.508 e. The number of rotatable bonds is 6. The Kier molecular flexibility index (Phi) is 5.35. The number of carbonyl (C=O) groups is 1. The average molecular weight is 284 g/mol. The van der Waals surface area contributed by atoms with Crippen LogP contribution in [0, 0.1) is 0 Å². The van der Waals surface area contributed by atoms with Crippen molar-refractivity contribution < 1.29 is 9.90 Å². The highest BCUT2D eigenvalue weighted by Crippen LogP contribution is 2.11. The Labute approximate surface area is 124 Å². The van der Waals surface area contributed by atoms with Gasteiger partial charge >= 0.3 is 0 Å². The van der Waals surface area contributed by atoms with Crippen molar-refractivity contribution in [2.75, 3.05) is 6.54 Å². The Bertz CT molecular complexity index is 594. The lowest BCUT2D eigenvalue weighted by Gasteiger charge is -2.07. The zero-order valence-corrected chi connectivity index (χ0v) is 11.9. The first-order valence-electron chi connectivity index (χ1n) is 7.00. The van der Waals surface area contributed by atoms with Gasteiger partial charge in [0, 0.05) is 6.54 Å². The van der Waals surface area contributed by atoms with Crippen molar-refractivity contribution >= 4 is 5.91 Å². The van der Waals surface area contributed by atoms with Crippen LogP contribution in [0.1, 0.15) is 16.7 Å². The molecule has 4 nitrogen and oxygen atoms in total. The van der Waals surface area contributed by atoms with Gasteiger partial charge in [0.25, 0.3) is 0 Å². The van der Waals surface area contributed by atoms with Crippen LogP contribution < -0.4 is 11.1 Å². The lowest BCUT2D eigenvalue weighted by atomic mass is 10.1. The van der Waals surface area contributed by atoms with Crippen LogP contribution in [0.2, 0.25) is 0 Å². The second kappa shape index (κ2) is 7.45. The first kappa shape index (κ1) is 15.1. The van der Waals surface area contributed by atoms with Crippen LogP contribution in [0.15, 0.2) is 48.5 Å². The number of nitrogens with one attached hydrogen (secondary N) is 1. The highest BCUT2D eigenvalue weighted by atomic mass is 16.3. The van der Waals surface area contributed by atoms with E-state index in [0.717, 1.165) is 17.5 Å². The summed E-state index contributed by atoms with van der Waals surface area (Å²) in [5.41, 5.74) is 8.56. The summed E-state index contributed by atoms with van der Waals surface area (Å²) in [4.78, 5) is 11.9. The predicted molar refractivity (Wildman–Crippen MR) is 82.9 cm³/mol. The molecule has 0 saturated carbocycles. The van der Waals surface area contributed by atoms with Crippen molar-refractivity contribution in [1.82, 2.24) is 5.32 Å². The van der Waals surface area contributed by atoms with E-state index in [0.29, 0.717) is 13.1 Å². The van der Waals surface area contributed by atoms with Crippen LogP contribution in [-0.2, 0) is 24.2 Å². The van der Waals surface area contributed by atoms with Crippen molar-refractivity contribution in [2.45, 2.75) is 19.4 Å². The molecule has 4 heteroatoms. The molecule has 0 unspecified atom stereocenters. The third-order valence-electron chi connectivity index (χ3n) is 3.22. The molecule has 2 aromatic carbocycles. The number of nitrogens with two attached hydrogens (primary N) is 1. The van der Waals surface area contributed by atoms with E-state index in [9.17, 15) is 9.90 Å². The Morgan fingerprint density at radius 3 is 2.43 bits per heavy atom. The molecule has 4 N–H and O–H groups in total. The summed E-state index contributed by atoms with van der Waals surface area (Å²) in [7, 11) is 0. The molecule has 0 heterocycles. The van der Waals surface area contributed by atoms with Crippen molar-refractivity contribution in [1.29, 1.82) is 0 Å². The minimum absolute atomic E-state index is 0.0633. The van der Waals surface area contributed by atoms with Gasteiger partial charge in [0.05, 0.1) is 6.42 Å². The van der Waals surface area contributed by atoms with E-state index in [4.69, 9.17) is 5.73 Å². The number of phenolic OH excluding ortho intramolecular Hbond substituents is 1. The van der Waals surface area contributed by atoms with E-state index < -0.39 is 0 Å². The zero-order valence-electron chi connectivity index (χ0n) is 11.9. The van der Waals surface area contributed by atoms with E-state index in [2.05, 4.69) is 5.32 Å². The van der Waals surface area contributed by atoms with Crippen molar-refractivity contribution in [3.05, 3.63) is 65.2 Å². The molecule has 0 aliphatic carbocycles. The van der Waals surface area contributed by atoms with Gasteiger partial charge in [0.2, 0.25) is 5.91 Å². The number of hydrogen-bond acceptors (Lipinski definition) is 3. The number of carbonyl (C=O) groups excluding carboxylic acids is 1. The second-order valence-electron chi connectivity index (χ2n) is 4.98. The summed E-state index contributed by atoms with van der Waals surface area (Å²) in [5, 5.41) is 12.2. The monoisotopic (exact) mass is 284 g/mol. The van der Waals surface area contributed by atoms with Gasteiger partial charge in [-0.05, 0) is 41.8 Å². The fraction of sp³-hybridized carbons (Fsp3) is 0.235. The van der Waals surface area contributed by atoms with Crippen LogP contribution in [0.5, 0.6) is 5.75 Å². The number of phenols is 1. The Hall–Kier alpha value is -2.33. The fourth-order valence-corrected chi connectivity index (χ4v) is 2.11. The van der Waals surface area contributed by atoms with Gasteiger partial charge in [-0.2, -0.15) is 0 Å². The number of aromatic hydroxyl groups is 1. The number of benzene rings is 2. The number of hydrogen-bond donors (Lipinski definition) is 3. The normalized spacial score (nSPS) is 10.3. The quantitative estimate of drug-likeness (QED) is 0.756. The summed E-state index contributed by atoms with van der Waals surface area (Å²) in [6.07, 6.45) is 1.13. The molecule has 2 aromatic rings. The van der Waals surface area contributed by atoms with E-state index in [-0.39, 0.29) is 18.1 Å². The van der Waals surface area contributed by atoms with Gasteiger partial charge in [-0.25, -0.2) is 0 Å². The lowest BCUT2D eigenvalue weighted by Crippen LogP contribution is -2.24. The second-order valence-corrected chi connectivity index (χ2v) is 4.98. The first-order valence-corrected chi connectivity index (χ1v) is 7.00. The maximum Gasteiger partial charge on any atom is 0.224 e. The van der Waals surface area contributed by atoms with Gasteiger partial charge < -0.3 is 16.2 Å². The molecular weight excluding hydrogens is 264 g/mol. The fourth-order valence-electron chi connectivity index (χ4n) is 2.11. The minimum atomic E-state index is -0.0633. The molecule has 0 aliphatic heterocycles. The molecule has 110 valence electrons. The summed E-state index contributed by atoms with van der Waals surface area (Å²) < 4.78 is 0. The maximum atomic E-state index is 11.9. The van der Waals surface area contributed by atoms with Gasteiger partial charge in [0.15, 0.2) is 0 Å². The van der Waals surface area contributed by atoms with Crippen molar-refractivity contribution in [3.63, 3.8) is 0 Å². The molecule has 2 rings (SSSR count). The Balaban J connectivity index is 1.83. The third-order valence-corrected chi connectivity index (χ3v) is 3.22. The van der Waals surface area contributed by atoms with Crippen LogP contribution in [0.4, 0.5) is 0 Å². The summed E-state index contributed by atoms with van der Waals surface area (Å²) >= 11 is 0. The standard InChI is InChI=1S/C17H20N2O2/c18-9-8-13-4-6-14(7-5-13)12-19-17(21)11-15-2-1-3-16(20)10-15/h1-7,10,20H,8-9,11-12,18H2,(H,19,21). The van der Waals surface area contributed by atoms with Gasteiger partial charge in [-0.15, -0.1) is 0 Å². The lowest BCUT2D eigenvalue weighted by molar-refractivity contribution is -0.120. The van der Waals surface area contributed by atoms with Crippen LogP contribution in [-0.4, -0.2) is 17.6 Å². The van der Waals surface area contributed by atoms with Crippen molar-refractivity contribution in [3.8, 4) is 5.75 Å². The van der Waals surface area contributed by atoms with Gasteiger partial charge in [-0.3, -0.25) is 4.79 Å². The molecule has 0 saturated heterocycles. The molecule has 21 heavy (non-hydrogen) atoms. The SMILES string of the molecule is NCCc1ccc(CNC(=O)Cc2cccc(O)c2)cc1. The third kappa shape index (κ3) is 4.93. The topological polar surface area (TPSA) is 75.3 Å². The molecule has 0 aromatic heterocycles. The zero-order chi connectivity index (χ0) is 15.1. The van der Waals surface area contributed by atoms with E-state index in [1.807, 2.05) is 30.3 Å². The summed E-state index contributed by atoms with van der Waals surface area (Å²) in [5.74, 6) is 0.113. The Morgan fingerprint density at radius 2 is 1.76 bits per heavy atom. The van der Waals surface area contributed by atoms with Crippen LogP contribution in [0.25, 0.3) is 0 Å². The summed E-state index contributed by atoms with van der Waals surface area (Å²) in [6.45, 7) is 1.14. The molecule has 0 aliphatic rings. The van der Waals surface area contributed by atoms with E-state index in [1.54, 1.807) is 18.2 Å². The predicted octanol–water partition coefficient (Wildman–Crippen LogP) is 1.75. The Morgan fingerprint density at radius 1 is 1.05 bits per heavy atom. The molecule has 0 fully saturated rings. The number of amides is 1. The molecule has 0 atom stereocenters. The van der Waals surface area contributed by atoms with Gasteiger partial charge in [-0.1, -0.05) is 36.4 Å². The van der Waals surface area contributed by atoms with Crippen LogP contribution >= 0.6 is 0 Å². The molecule has 0 radical (unpaired) electrons. The average Bonchev–Trinajstić information content (AvgIpc) is 2.47. The first-order chi connectivity index (χ1) is 10.2. The van der Waals surface area contributed by atoms with Crippen LogP contribution in [0.3, 0.4) is 0 Å². The molecule has 0 bridgehead atoms.